The van der Waals surface area contributed by atoms with Crippen LogP contribution in [0.3, 0.4) is 0 Å². The summed E-state index contributed by atoms with van der Waals surface area (Å²) in [5.74, 6) is -0.115. The molecule has 1 unspecified atom stereocenters. The average molecular weight is 488 g/mol. The molecule has 0 amide bonds. The fourth-order valence-electron chi connectivity index (χ4n) is 3.68. The molecule has 5 heteroatoms. The van der Waals surface area contributed by atoms with Gasteiger partial charge in [0.15, 0.2) is 21.3 Å². The van der Waals surface area contributed by atoms with E-state index in [2.05, 4.69) is 12.1 Å². The monoisotopic (exact) mass is 487 g/mol. The zero-order valence-electron chi connectivity index (χ0n) is 20.0. The maximum Gasteiger partial charge on any atom is 0.345 e. The molecule has 0 aromatic heterocycles. The first-order valence-electron chi connectivity index (χ1n) is 11.4. The molecule has 0 aliphatic rings. The smallest absolute Gasteiger partial charge is 0.345 e. The normalized spacial score (nSPS) is 12.1. The third-order valence-corrected chi connectivity index (χ3v) is 7.79. The summed E-state index contributed by atoms with van der Waals surface area (Å²) < 4.78 is 24.9. The summed E-state index contributed by atoms with van der Waals surface area (Å²) in [4.78, 5) is 15.7. The minimum Gasteiger partial charge on any atom is -0.482 e. The van der Waals surface area contributed by atoms with Crippen molar-refractivity contribution < 1.29 is 18.7 Å². The summed E-state index contributed by atoms with van der Waals surface area (Å²) in [7, 11) is -0.394. The summed E-state index contributed by atoms with van der Waals surface area (Å²) in [5, 5.41) is 0. The number of aryl methyl sites for hydroxylation is 1. The number of rotatable bonds is 8. The number of ether oxygens (including phenoxy) is 2. The predicted octanol–water partition coefficient (Wildman–Crippen LogP) is 7.09. The third-order valence-electron chi connectivity index (χ3n) is 5.56. The molecule has 0 saturated heterocycles. The second-order valence-corrected chi connectivity index (χ2v) is 10.7. The number of esters is 1. The molecular formula is C30H28FO3S+. The Labute approximate surface area is 208 Å². The van der Waals surface area contributed by atoms with E-state index in [9.17, 15) is 9.18 Å². The van der Waals surface area contributed by atoms with Crippen molar-refractivity contribution in [2.45, 2.75) is 41.1 Å². The molecule has 3 nitrogen and oxygen atoms in total. The molecule has 4 aromatic rings. The Morgan fingerprint density at radius 2 is 1.31 bits per heavy atom. The van der Waals surface area contributed by atoms with Crippen molar-refractivity contribution in [2.75, 3.05) is 6.61 Å². The van der Waals surface area contributed by atoms with Crippen LogP contribution in [-0.4, -0.2) is 12.6 Å². The van der Waals surface area contributed by atoms with Crippen molar-refractivity contribution in [3.05, 3.63) is 120 Å². The van der Waals surface area contributed by atoms with Gasteiger partial charge in [0.1, 0.15) is 17.2 Å². The Hall–Kier alpha value is -3.57. The Bertz CT molecular complexity index is 1250. The molecule has 0 fully saturated rings. The van der Waals surface area contributed by atoms with Crippen LogP contribution in [0.15, 0.2) is 118 Å². The van der Waals surface area contributed by atoms with Crippen LogP contribution in [0.25, 0.3) is 0 Å². The zero-order chi connectivity index (χ0) is 24.8. The van der Waals surface area contributed by atoms with Gasteiger partial charge in [0, 0.05) is 0 Å². The number of hydrogen-bond donors (Lipinski definition) is 0. The molecule has 0 spiro atoms. The van der Waals surface area contributed by atoms with E-state index in [0.717, 1.165) is 25.8 Å². The zero-order valence-corrected chi connectivity index (χ0v) is 20.8. The molecule has 35 heavy (non-hydrogen) atoms. The molecule has 0 bridgehead atoms. The van der Waals surface area contributed by atoms with Crippen LogP contribution in [0.2, 0.25) is 0 Å². The number of benzene rings is 4. The lowest BCUT2D eigenvalue weighted by Crippen LogP contribution is -2.28. The van der Waals surface area contributed by atoms with Crippen LogP contribution in [0.4, 0.5) is 4.39 Å². The minimum atomic E-state index is -0.753. The highest BCUT2D eigenvalue weighted by Gasteiger charge is 2.29. The van der Waals surface area contributed by atoms with Crippen LogP contribution in [-0.2, 0) is 26.0 Å². The van der Waals surface area contributed by atoms with Crippen LogP contribution in [0.5, 0.6) is 5.75 Å². The van der Waals surface area contributed by atoms with Gasteiger partial charge in [-0.05, 0) is 87.0 Å². The van der Waals surface area contributed by atoms with Crippen LogP contribution in [0, 0.1) is 12.7 Å². The maximum absolute atomic E-state index is 13.5. The summed E-state index contributed by atoms with van der Waals surface area (Å²) in [5.41, 5.74) is 1.32. The average Bonchev–Trinajstić information content (AvgIpc) is 2.85. The van der Waals surface area contributed by atoms with Crippen molar-refractivity contribution >= 4 is 16.9 Å². The standard InChI is InChI=1S/C30H28FO3S/c1-22-9-11-23(12-10-22)30(2,3)34-29(32)21-33-25-15-19-28(20-16-25)35(26-7-5-4-6-8-26)27-17-13-24(31)14-18-27/h4-20H,21H2,1-3H3/q+1. The van der Waals surface area contributed by atoms with Gasteiger partial charge in [-0.15, -0.1) is 0 Å². The van der Waals surface area contributed by atoms with E-state index in [4.69, 9.17) is 9.47 Å². The second-order valence-electron chi connectivity index (χ2n) is 8.68. The number of halogens is 1. The van der Waals surface area contributed by atoms with Gasteiger partial charge in [-0.25, -0.2) is 9.18 Å². The molecule has 1 atom stereocenters. The lowest BCUT2D eigenvalue weighted by atomic mass is 9.97. The molecule has 0 saturated carbocycles. The minimum absolute atomic E-state index is 0.184. The molecule has 4 rings (SSSR count). The van der Waals surface area contributed by atoms with Gasteiger partial charge in [-0.2, -0.15) is 0 Å². The fourth-order valence-corrected chi connectivity index (χ4v) is 5.74. The van der Waals surface area contributed by atoms with E-state index >= 15 is 0 Å². The molecule has 0 aliphatic carbocycles. The molecule has 0 aliphatic heterocycles. The molecule has 4 aromatic carbocycles. The van der Waals surface area contributed by atoms with Crippen LogP contribution in [0.1, 0.15) is 25.0 Å². The molecular weight excluding hydrogens is 459 g/mol. The first kappa shape index (κ1) is 24.6. The van der Waals surface area contributed by atoms with E-state index in [1.165, 1.54) is 12.1 Å². The highest BCUT2D eigenvalue weighted by molar-refractivity contribution is 7.97. The van der Waals surface area contributed by atoms with E-state index in [-0.39, 0.29) is 12.4 Å². The lowest BCUT2D eigenvalue weighted by Gasteiger charge is -2.25. The summed E-state index contributed by atoms with van der Waals surface area (Å²) in [6, 6.07) is 32.3. The van der Waals surface area contributed by atoms with Gasteiger partial charge in [-0.3, -0.25) is 0 Å². The third kappa shape index (κ3) is 6.31. The van der Waals surface area contributed by atoms with Crippen molar-refractivity contribution in [3.8, 4) is 5.75 Å². The largest absolute Gasteiger partial charge is 0.482 e. The molecule has 0 radical (unpaired) electrons. The van der Waals surface area contributed by atoms with E-state index < -0.39 is 22.5 Å². The number of hydrogen-bond acceptors (Lipinski definition) is 3. The number of carbonyl (C=O) groups is 1. The summed E-state index contributed by atoms with van der Waals surface area (Å²) >= 11 is 0. The number of carbonyl (C=O) groups excluding carboxylic acids is 1. The summed E-state index contributed by atoms with van der Waals surface area (Å²) in [6.07, 6.45) is 0. The Kier molecular flexibility index (Phi) is 7.57. The Balaban J connectivity index is 1.44. The van der Waals surface area contributed by atoms with Crippen LogP contribution >= 0.6 is 0 Å². The van der Waals surface area contributed by atoms with Crippen molar-refractivity contribution in [1.29, 1.82) is 0 Å². The van der Waals surface area contributed by atoms with Crippen molar-refractivity contribution in [2.24, 2.45) is 0 Å². The van der Waals surface area contributed by atoms with Gasteiger partial charge in [0.2, 0.25) is 0 Å². The lowest BCUT2D eigenvalue weighted by molar-refractivity contribution is -0.159. The molecule has 0 heterocycles. The van der Waals surface area contributed by atoms with Gasteiger partial charge in [0.25, 0.3) is 0 Å². The van der Waals surface area contributed by atoms with Gasteiger partial charge < -0.3 is 9.47 Å². The topological polar surface area (TPSA) is 35.5 Å². The SMILES string of the molecule is Cc1ccc(C(C)(C)OC(=O)COc2ccc([S+](c3ccccc3)c3ccc(F)cc3)cc2)cc1. The Morgan fingerprint density at radius 3 is 1.91 bits per heavy atom. The molecule has 0 N–H and O–H groups in total. The highest BCUT2D eigenvalue weighted by Crippen LogP contribution is 2.32. The highest BCUT2D eigenvalue weighted by atomic mass is 32.2. The molecule has 178 valence electrons. The maximum atomic E-state index is 13.5. The van der Waals surface area contributed by atoms with E-state index in [0.29, 0.717) is 5.75 Å². The predicted molar refractivity (Wildman–Crippen MR) is 137 cm³/mol. The van der Waals surface area contributed by atoms with Crippen molar-refractivity contribution in [3.63, 3.8) is 0 Å². The van der Waals surface area contributed by atoms with Gasteiger partial charge in [0.05, 0.1) is 10.9 Å². The van der Waals surface area contributed by atoms with Crippen LogP contribution < -0.4 is 4.74 Å². The summed E-state index contributed by atoms with van der Waals surface area (Å²) in [6.45, 7) is 5.57. The van der Waals surface area contributed by atoms with Crippen molar-refractivity contribution in [1.82, 2.24) is 0 Å². The quantitative estimate of drug-likeness (QED) is 0.197. The van der Waals surface area contributed by atoms with E-state index in [1.807, 2.05) is 99.6 Å². The first-order valence-corrected chi connectivity index (χ1v) is 12.6. The van der Waals surface area contributed by atoms with Gasteiger partial charge >= 0.3 is 5.97 Å². The van der Waals surface area contributed by atoms with E-state index in [1.54, 1.807) is 0 Å². The first-order chi connectivity index (χ1) is 16.8. The Morgan fingerprint density at radius 1 is 0.771 bits per heavy atom. The van der Waals surface area contributed by atoms with Gasteiger partial charge in [-0.1, -0.05) is 48.0 Å². The fraction of sp³-hybridized carbons (Fsp3) is 0.167. The second kappa shape index (κ2) is 10.8.